The van der Waals surface area contributed by atoms with Gasteiger partial charge in [-0.1, -0.05) is 35.9 Å². The van der Waals surface area contributed by atoms with Gasteiger partial charge >= 0.3 is 0 Å². The van der Waals surface area contributed by atoms with Crippen LogP contribution in [0.2, 0.25) is 0 Å². The molecular formula is C23H25N3O3. The minimum atomic E-state index is -0.681. The van der Waals surface area contributed by atoms with Crippen LogP contribution < -0.4 is 10.6 Å². The SMILES string of the molecule is Cc1cccc(Cc2ccnc(Nc3cccc(C(=O)NC(CO)CO)c3)c2)c1. The summed E-state index contributed by atoms with van der Waals surface area (Å²) in [6.45, 7) is 1.44. The van der Waals surface area contributed by atoms with Crippen molar-refractivity contribution in [3.63, 3.8) is 0 Å². The van der Waals surface area contributed by atoms with Gasteiger partial charge in [0.15, 0.2) is 0 Å². The van der Waals surface area contributed by atoms with Gasteiger partial charge in [-0.05, 0) is 54.8 Å². The third-order valence-corrected chi connectivity index (χ3v) is 4.49. The molecule has 6 nitrogen and oxygen atoms in total. The van der Waals surface area contributed by atoms with Gasteiger partial charge in [0, 0.05) is 17.4 Å². The number of aliphatic hydroxyl groups excluding tert-OH is 2. The minimum absolute atomic E-state index is 0.322. The highest BCUT2D eigenvalue weighted by molar-refractivity contribution is 5.95. The van der Waals surface area contributed by atoms with E-state index in [0.717, 1.165) is 17.7 Å². The van der Waals surface area contributed by atoms with Crippen LogP contribution in [0.3, 0.4) is 0 Å². The van der Waals surface area contributed by atoms with Crippen LogP contribution in [-0.2, 0) is 6.42 Å². The molecular weight excluding hydrogens is 366 g/mol. The summed E-state index contributed by atoms with van der Waals surface area (Å²) in [5.74, 6) is 0.333. The second-order valence-electron chi connectivity index (χ2n) is 6.96. The zero-order valence-electron chi connectivity index (χ0n) is 16.3. The van der Waals surface area contributed by atoms with Gasteiger partial charge in [0.25, 0.3) is 5.91 Å². The lowest BCUT2D eigenvalue weighted by molar-refractivity contribution is 0.0879. The van der Waals surface area contributed by atoms with E-state index in [4.69, 9.17) is 10.2 Å². The number of nitrogens with zero attached hydrogens (tertiary/aromatic N) is 1. The molecule has 4 N–H and O–H groups in total. The van der Waals surface area contributed by atoms with Gasteiger partial charge in [0.1, 0.15) is 5.82 Å². The molecule has 6 heteroatoms. The van der Waals surface area contributed by atoms with E-state index in [0.29, 0.717) is 11.4 Å². The number of pyridine rings is 1. The summed E-state index contributed by atoms with van der Waals surface area (Å²) >= 11 is 0. The number of hydrogen-bond acceptors (Lipinski definition) is 5. The number of aromatic nitrogens is 1. The lowest BCUT2D eigenvalue weighted by Crippen LogP contribution is -2.40. The number of nitrogens with one attached hydrogen (secondary N) is 2. The summed E-state index contributed by atoms with van der Waals surface area (Å²) in [7, 11) is 0. The fraction of sp³-hybridized carbons (Fsp3) is 0.217. The van der Waals surface area contributed by atoms with Crippen LogP contribution in [0.5, 0.6) is 0 Å². The molecule has 0 atom stereocenters. The first-order valence-electron chi connectivity index (χ1n) is 9.47. The van der Waals surface area contributed by atoms with Crippen molar-refractivity contribution in [1.29, 1.82) is 0 Å². The number of anilines is 2. The molecule has 29 heavy (non-hydrogen) atoms. The van der Waals surface area contributed by atoms with Crippen molar-refractivity contribution in [2.24, 2.45) is 0 Å². The largest absolute Gasteiger partial charge is 0.394 e. The number of hydrogen-bond donors (Lipinski definition) is 4. The van der Waals surface area contributed by atoms with E-state index < -0.39 is 6.04 Å². The molecule has 0 fully saturated rings. The Balaban J connectivity index is 1.71. The van der Waals surface area contributed by atoms with Crippen LogP contribution in [0, 0.1) is 6.92 Å². The van der Waals surface area contributed by atoms with Crippen LogP contribution in [0.1, 0.15) is 27.0 Å². The van der Waals surface area contributed by atoms with Crippen LogP contribution in [0.4, 0.5) is 11.5 Å². The number of rotatable bonds is 8. The zero-order valence-corrected chi connectivity index (χ0v) is 16.3. The molecule has 1 amide bonds. The molecule has 0 radical (unpaired) electrons. The maximum atomic E-state index is 12.3. The summed E-state index contributed by atoms with van der Waals surface area (Å²) in [6, 6.07) is 18.7. The Kier molecular flexibility index (Phi) is 6.94. The molecule has 0 aliphatic carbocycles. The first kappa shape index (κ1) is 20.5. The van der Waals surface area contributed by atoms with E-state index in [-0.39, 0.29) is 19.1 Å². The maximum absolute atomic E-state index is 12.3. The number of benzene rings is 2. The van der Waals surface area contributed by atoms with Crippen LogP contribution in [-0.4, -0.2) is 40.4 Å². The Bertz CT molecular complexity index is 971. The first-order chi connectivity index (χ1) is 14.1. The Morgan fingerprint density at radius 3 is 2.52 bits per heavy atom. The van der Waals surface area contributed by atoms with Gasteiger partial charge in [-0.2, -0.15) is 0 Å². The molecule has 0 spiro atoms. The summed E-state index contributed by atoms with van der Waals surface area (Å²) in [5, 5.41) is 24.1. The number of amides is 1. The normalized spacial score (nSPS) is 10.8. The predicted molar refractivity (Wildman–Crippen MR) is 113 cm³/mol. The summed E-state index contributed by atoms with van der Waals surface area (Å²) < 4.78 is 0. The molecule has 2 aromatic carbocycles. The number of carbonyl (C=O) groups is 1. The molecule has 0 aliphatic rings. The second kappa shape index (κ2) is 9.82. The molecule has 3 rings (SSSR count). The monoisotopic (exact) mass is 391 g/mol. The van der Waals surface area contributed by atoms with Crippen molar-refractivity contribution in [2.45, 2.75) is 19.4 Å². The Morgan fingerprint density at radius 2 is 1.76 bits per heavy atom. The van der Waals surface area contributed by atoms with E-state index in [2.05, 4.69) is 46.8 Å². The molecule has 0 aliphatic heterocycles. The van der Waals surface area contributed by atoms with Crippen molar-refractivity contribution < 1.29 is 15.0 Å². The van der Waals surface area contributed by atoms with E-state index in [9.17, 15) is 4.79 Å². The van der Waals surface area contributed by atoms with Crippen molar-refractivity contribution in [3.8, 4) is 0 Å². The molecule has 0 saturated carbocycles. The summed E-state index contributed by atoms with van der Waals surface area (Å²) in [6.07, 6.45) is 2.57. The highest BCUT2D eigenvalue weighted by Crippen LogP contribution is 2.19. The van der Waals surface area contributed by atoms with Gasteiger partial charge in [-0.25, -0.2) is 4.98 Å². The topological polar surface area (TPSA) is 94.5 Å². The van der Waals surface area contributed by atoms with Gasteiger partial charge < -0.3 is 20.8 Å². The second-order valence-corrected chi connectivity index (χ2v) is 6.96. The average molecular weight is 391 g/mol. The Morgan fingerprint density at radius 1 is 1.00 bits per heavy atom. The van der Waals surface area contributed by atoms with Crippen molar-refractivity contribution in [2.75, 3.05) is 18.5 Å². The van der Waals surface area contributed by atoms with E-state index in [1.165, 1.54) is 11.1 Å². The average Bonchev–Trinajstić information content (AvgIpc) is 2.72. The highest BCUT2D eigenvalue weighted by atomic mass is 16.3. The number of aryl methyl sites for hydroxylation is 1. The Labute approximate surface area is 170 Å². The van der Waals surface area contributed by atoms with Crippen LogP contribution in [0.15, 0.2) is 66.9 Å². The lowest BCUT2D eigenvalue weighted by Gasteiger charge is -2.14. The smallest absolute Gasteiger partial charge is 0.251 e. The molecule has 0 bridgehead atoms. The highest BCUT2D eigenvalue weighted by Gasteiger charge is 2.12. The quantitative estimate of drug-likeness (QED) is 0.474. The zero-order chi connectivity index (χ0) is 20.6. The molecule has 150 valence electrons. The van der Waals surface area contributed by atoms with Crippen LogP contribution in [0.25, 0.3) is 0 Å². The summed E-state index contributed by atoms with van der Waals surface area (Å²) in [5.41, 5.74) is 4.76. The van der Waals surface area contributed by atoms with Gasteiger partial charge in [-0.3, -0.25) is 4.79 Å². The number of aliphatic hydroxyl groups is 2. The fourth-order valence-electron chi connectivity index (χ4n) is 3.01. The Hall–Kier alpha value is -3.22. The van der Waals surface area contributed by atoms with Crippen molar-refractivity contribution >= 4 is 17.4 Å². The van der Waals surface area contributed by atoms with Gasteiger partial charge in [0.2, 0.25) is 0 Å². The fourth-order valence-corrected chi connectivity index (χ4v) is 3.01. The lowest BCUT2D eigenvalue weighted by atomic mass is 10.0. The molecule has 0 saturated heterocycles. The maximum Gasteiger partial charge on any atom is 0.251 e. The van der Waals surface area contributed by atoms with E-state index in [1.54, 1.807) is 24.4 Å². The van der Waals surface area contributed by atoms with Gasteiger partial charge in [-0.15, -0.1) is 0 Å². The third kappa shape index (κ3) is 5.88. The standard InChI is InChI=1S/C23H25N3O3/c1-16-4-2-5-17(10-16)11-18-8-9-24-22(12-18)25-20-7-3-6-19(13-20)23(29)26-21(14-27)15-28/h2-10,12-13,21,27-28H,11,14-15H2,1H3,(H,24,25)(H,26,29). The summed E-state index contributed by atoms with van der Waals surface area (Å²) in [4.78, 5) is 16.7. The predicted octanol–water partition coefficient (Wildman–Crippen LogP) is 2.81. The van der Waals surface area contributed by atoms with E-state index >= 15 is 0 Å². The number of carbonyl (C=O) groups excluding carboxylic acids is 1. The third-order valence-electron chi connectivity index (χ3n) is 4.49. The van der Waals surface area contributed by atoms with E-state index in [1.807, 2.05) is 18.2 Å². The molecule has 1 aromatic heterocycles. The minimum Gasteiger partial charge on any atom is -0.394 e. The van der Waals surface area contributed by atoms with Crippen molar-refractivity contribution in [3.05, 3.63) is 89.1 Å². The molecule has 1 heterocycles. The molecule has 3 aromatic rings. The molecule has 0 unspecified atom stereocenters. The van der Waals surface area contributed by atoms with Crippen molar-refractivity contribution in [1.82, 2.24) is 10.3 Å². The first-order valence-corrected chi connectivity index (χ1v) is 9.47. The van der Waals surface area contributed by atoms with Gasteiger partial charge in [0.05, 0.1) is 19.3 Å². The van der Waals surface area contributed by atoms with Crippen LogP contribution >= 0.6 is 0 Å².